The fraction of sp³-hybridized carbons (Fsp3) is 0.611. The van der Waals surface area contributed by atoms with E-state index in [1.807, 2.05) is 0 Å². The SMILES string of the molecule is CS(=O)(=O)N1CCCCC1C(=O)Nc1ccc(S(=O)(=O)N2CCCCC2)cc1. The normalized spacial score (nSPS) is 22.7. The van der Waals surface area contributed by atoms with Crippen LogP contribution in [-0.4, -0.2) is 63.3 Å². The molecule has 28 heavy (non-hydrogen) atoms. The van der Waals surface area contributed by atoms with Gasteiger partial charge in [-0.1, -0.05) is 12.8 Å². The van der Waals surface area contributed by atoms with Crippen molar-refractivity contribution >= 4 is 31.6 Å². The van der Waals surface area contributed by atoms with E-state index in [0.717, 1.165) is 38.4 Å². The van der Waals surface area contributed by atoms with E-state index in [-0.39, 0.29) is 4.90 Å². The molecule has 0 aliphatic carbocycles. The first-order valence-electron chi connectivity index (χ1n) is 9.57. The van der Waals surface area contributed by atoms with Crippen LogP contribution in [0.5, 0.6) is 0 Å². The number of nitrogens with zero attached hydrogens (tertiary/aromatic N) is 2. The molecule has 1 N–H and O–H groups in total. The predicted octanol–water partition coefficient (Wildman–Crippen LogP) is 1.61. The monoisotopic (exact) mass is 429 g/mol. The lowest BCUT2D eigenvalue weighted by molar-refractivity contribution is -0.120. The van der Waals surface area contributed by atoms with Crippen LogP contribution < -0.4 is 5.32 Å². The van der Waals surface area contributed by atoms with Crippen molar-refractivity contribution in [3.63, 3.8) is 0 Å². The van der Waals surface area contributed by atoms with Gasteiger partial charge >= 0.3 is 0 Å². The van der Waals surface area contributed by atoms with Crippen molar-refractivity contribution in [3.8, 4) is 0 Å². The molecule has 2 fully saturated rings. The lowest BCUT2D eigenvalue weighted by Gasteiger charge is -2.32. The maximum Gasteiger partial charge on any atom is 0.243 e. The molecular weight excluding hydrogens is 402 g/mol. The number of amides is 1. The third-order valence-corrected chi connectivity index (χ3v) is 8.46. The second-order valence-electron chi connectivity index (χ2n) is 7.36. The number of benzene rings is 1. The molecule has 10 heteroatoms. The van der Waals surface area contributed by atoms with Gasteiger partial charge < -0.3 is 5.32 Å². The van der Waals surface area contributed by atoms with Crippen molar-refractivity contribution in [2.75, 3.05) is 31.2 Å². The molecule has 156 valence electrons. The molecule has 8 nitrogen and oxygen atoms in total. The number of hydrogen-bond acceptors (Lipinski definition) is 5. The smallest absolute Gasteiger partial charge is 0.243 e. The van der Waals surface area contributed by atoms with Crippen LogP contribution in [0.3, 0.4) is 0 Å². The zero-order valence-electron chi connectivity index (χ0n) is 16.0. The van der Waals surface area contributed by atoms with Crippen LogP contribution in [0.15, 0.2) is 29.2 Å². The van der Waals surface area contributed by atoms with Gasteiger partial charge in [0.05, 0.1) is 11.2 Å². The van der Waals surface area contributed by atoms with Gasteiger partial charge in [0.2, 0.25) is 26.0 Å². The van der Waals surface area contributed by atoms with Gasteiger partial charge in [0.25, 0.3) is 0 Å². The molecule has 1 unspecified atom stereocenters. The molecule has 1 atom stereocenters. The van der Waals surface area contributed by atoms with Crippen molar-refractivity contribution in [1.29, 1.82) is 0 Å². The Labute approximate surface area is 167 Å². The minimum absolute atomic E-state index is 0.197. The first-order chi connectivity index (χ1) is 13.2. The Hall–Kier alpha value is -1.49. The molecule has 1 aromatic carbocycles. The van der Waals surface area contributed by atoms with E-state index in [0.29, 0.717) is 31.7 Å². The zero-order chi connectivity index (χ0) is 20.4. The molecule has 0 bridgehead atoms. The summed E-state index contributed by atoms with van der Waals surface area (Å²) in [6, 6.07) is 5.31. The van der Waals surface area contributed by atoms with Crippen LogP contribution in [0.4, 0.5) is 5.69 Å². The standard InChI is InChI=1S/C18H27N3O5S2/c1-27(23,24)21-14-6-3-7-17(21)18(22)19-15-8-10-16(11-9-15)28(25,26)20-12-4-2-5-13-20/h8-11,17H,2-7,12-14H2,1H3,(H,19,22). The Morgan fingerprint density at radius 2 is 1.54 bits per heavy atom. The van der Waals surface area contributed by atoms with Gasteiger partial charge in [0.1, 0.15) is 6.04 Å². The van der Waals surface area contributed by atoms with Gasteiger partial charge in [0, 0.05) is 25.3 Å². The van der Waals surface area contributed by atoms with Gasteiger partial charge in [-0.2, -0.15) is 8.61 Å². The summed E-state index contributed by atoms with van der Waals surface area (Å²) in [6.45, 7) is 1.40. The predicted molar refractivity (Wildman–Crippen MR) is 107 cm³/mol. The number of nitrogens with one attached hydrogen (secondary N) is 1. The van der Waals surface area contributed by atoms with Crippen molar-refractivity contribution in [3.05, 3.63) is 24.3 Å². The minimum Gasteiger partial charge on any atom is -0.325 e. The number of carbonyl (C=O) groups is 1. The lowest BCUT2D eigenvalue weighted by atomic mass is 10.0. The van der Waals surface area contributed by atoms with Gasteiger partial charge in [-0.15, -0.1) is 0 Å². The molecule has 0 aromatic heterocycles. The second kappa shape index (κ2) is 8.48. The minimum atomic E-state index is -3.52. The largest absolute Gasteiger partial charge is 0.325 e. The van der Waals surface area contributed by atoms with Crippen LogP contribution in [0.1, 0.15) is 38.5 Å². The third-order valence-electron chi connectivity index (χ3n) is 5.26. The molecule has 0 radical (unpaired) electrons. The zero-order valence-corrected chi connectivity index (χ0v) is 17.6. The van der Waals surface area contributed by atoms with E-state index in [9.17, 15) is 21.6 Å². The summed E-state index contributed by atoms with van der Waals surface area (Å²) in [7, 11) is -6.99. The summed E-state index contributed by atoms with van der Waals surface area (Å²) >= 11 is 0. The maximum atomic E-state index is 12.7. The van der Waals surface area contributed by atoms with E-state index in [1.165, 1.54) is 20.7 Å². The van der Waals surface area contributed by atoms with Crippen LogP contribution >= 0.6 is 0 Å². The second-order valence-corrected chi connectivity index (χ2v) is 11.2. The van der Waals surface area contributed by atoms with E-state index in [4.69, 9.17) is 0 Å². The van der Waals surface area contributed by atoms with Gasteiger partial charge in [-0.05, 0) is 49.9 Å². The van der Waals surface area contributed by atoms with Gasteiger partial charge in [-0.25, -0.2) is 16.8 Å². The summed E-state index contributed by atoms with van der Waals surface area (Å²) in [6.07, 6.45) is 5.88. The van der Waals surface area contributed by atoms with E-state index in [2.05, 4.69) is 5.32 Å². The van der Waals surface area contributed by atoms with Crippen molar-refractivity contribution < 1.29 is 21.6 Å². The van der Waals surface area contributed by atoms with Crippen LogP contribution in [-0.2, 0) is 24.8 Å². The van der Waals surface area contributed by atoms with E-state index < -0.39 is 32.0 Å². The Morgan fingerprint density at radius 3 is 2.14 bits per heavy atom. The Kier molecular flexibility index (Phi) is 6.43. The van der Waals surface area contributed by atoms with Crippen molar-refractivity contribution in [1.82, 2.24) is 8.61 Å². The van der Waals surface area contributed by atoms with Gasteiger partial charge in [0.15, 0.2) is 0 Å². The molecule has 1 amide bonds. The highest BCUT2D eigenvalue weighted by Gasteiger charge is 2.34. The number of piperidine rings is 2. The quantitative estimate of drug-likeness (QED) is 0.766. The average Bonchev–Trinajstić information content (AvgIpc) is 2.68. The molecule has 2 heterocycles. The first-order valence-corrected chi connectivity index (χ1v) is 12.9. The molecular formula is C18H27N3O5S2. The number of anilines is 1. The fourth-order valence-electron chi connectivity index (χ4n) is 3.75. The van der Waals surface area contributed by atoms with Crippen LogP contribution in [0.2, 0.25) is 0 Å². The van der Waals surface area contributed by atoms with Crippen molar-refractivity contribution in [2.45, 2.75) is 49.5 Å². The Morgan fingerprint density at radius 1 is 0.929 bits per heavy atom. The summed E-state index contributed by atoms with van der Waals surface area (Å²) in [5.41, 5.74) is 0.446. The number of carbonyl (C=O) groups excluding carboxylic acids is 1. The van der Waals surface area contributed by atoms with E-state index >= 15 is 0 Å². The van der Waals surface area contributed by atoms with Crippen LogP contribution in [0, 0.1) is 0 Å². The Bertz CT molecular complexity index is 907. The first kappa shape index (κ1) is 21.2. The molecule has 2 aliphatic rings. The third kappa shape index (κ3) is 4.73. The molecule has 2 aliphatic heterocycles. The number of sulfonamides is 2. The molecule has 3 rings (SSSR count). The van der Waals surface area contributed by atoms with Crippen molar-refractivity contribution in [2.24, 2.45) is 0 Å². The number of hydrogen-bond donors (Lipinski definition) is 1. The van der Waals surface area contributed by atoms with E-state index in [1.54, 1.807) is 12.1 Å². The molecule has 2 saturated heterocycles. The van der Waals surface area contributed by atoms with Gasteiger partial charge in [-0.3, -0.25) is 4.79 Å². The highest BCUT2D eigenvalue weighted by molar-refractivity contribution is 7.89. The average molecular weight is 430 g/mol. The topological polar surface area (TPSA) is 104 Å². The highest BCUT2D eigenvalue weighted by atomic mass is 32.2. The summed E-state index contributed by atoms with van der Waals surface area (Å²) in [5.74, 6) is -0.392. The van der Waals surface area contributed by atoms with Crippen LogP contribution in [0.25, 0.3) is 0 Å². The molecule has 0 spiro atoms. The molecule has 1 aromatic rings. The summed E-state index contributed by atoms with van der Waals surface area (Å²) in [5, 5.41) is 2.72. The summed E-state index contributed by atoms with van der Waals surface area (Å²) < 4.78 is 52.0. The molecule has 0 saturated carbocycles. The number of rotatable bonds is 5. The highest BCUT2D eigenvalue weighted by Crippen LogP contribution is 2.24. The lowest BCUT2D eigenvalue weighted by Crippen LogP contribution is -2.49. The summed E-state index contributed by atoms with van der Waals surface area (Å²) in [4.78, 5) is 12.8. The fourth-order valence-corrected chi connectivity index (χ4v) is 6.40. The Balaban J connectivity index is 1.70. The maximum absolute atomic E-state index is 12.7.